The Labute approximate surface area is 127 Å². The van der Waals surface area contributed by atoms with Crippen molar-refractivity contribution < 1.29 is 17.9 Å². The maximum absolute atomic E-state index is 12.5. The summed E-state index contributed by atoms with van der Waals surface area (Å²) in [4.78, 5) is 1.36. The highest BCUT2D eigenvalue weighted by Gasteiger charge is 2.28. The number of nitrogens with one attached hydrogen (secondary N) is 1. The Morgan fingerprint density at radius 3 is 3.05 bits per heavy atom. The van der Waals surface area contributed by atoms with Crippen LogP contribution in [-0.4, -0.2) is 13.5 Å². The molecule has 0 spiro atoms. The van der Waals surface area contributed by atoms with E-state index >= 15 is 0 Å². The third-order valence-electron chi connectivity index (χ3n) is 3.72. The van der Waals surface area contributed by atoms with E-state index in [2.05, 4.69) is 4.72 Å². The summed E-state index contributed by atoms with van der Waals surface area (Å²) in [5, 5.41) is 11.1. The summed E-state index contributed by atoms with van der Waals surface area (Å²) in [7, 11) is -3.65. The quantitative estimate of drug-likeness (QED) is 0.904. The van der Waals surface area contributed by atoms with E-state index in [1.165, 1.54) is 10.9 Å². The van der Waals surface area contributed by atoms with Crippen LogP contribution in [-0.2, 0) is 23.1 Å². The molecule has 0 saturated heterocycles. The Bertz CT molecular complexity index is 745. The molecule has 1 unspecified atom stereocenters. The summed E-state index contributed by atoms with van der Waals surface area (Å²) in [5.41, 5.74) is 1.08. The first kappa shape index (κ1) is 14.8. The third kappa shape index (κ3) is 2.78. The van der Waals surface area contributed by atoms with Crippen LogP contribution in [0.5, 0.6) is 0 Å². The SMILES string of the molecule is Cc1oc(CO)cc1S(=O)(=O)NC1CCCc2sccc21. The molecule has 114 valence electrons. The number of fused-ring (bicyclic) bond motifs is 1. The Morgan fingerprint density at radius 2 is 2.33 bits per heavy atom. The van der Waals surface area contributed by atoms with Crippen LogP contribution in [0.15, 0.2) is 26.8 Å². The average Bonchev–Trinajstić information content (AvgIpc) is 3.05. The maximum Gasteiger partial charge on any atom is 0.244 e. The van der Waals surface area contributed by atoms with Crippen LogP contribution in [0.1, 0.15) is 40.8 Å². The van der Waals surface area contributed by atoms with Crippen LogP contribution in [0.25, 0.3) is 0 Å². The van der Waals surface area contributed by atoms with Gasteiger partial charge in [0.05, 0.1) is 0 Å². The normalized spacial score (nSPS) is 18.7. The van der Waals surface area contributed by atoms with Gasteiger partial charge in [0.1, 0.15) is 23.0 Å². The van der Waals surface area contributed by atoms with Crippen molar-refractivity contribution in [1.29, 1.82) is 0 Å². The Kier molecular flexibility index (Phi) is 3.92. The summed E-state index contributed by atoms with van der Waals surface area (Å²) >= 11 is 1.68. The monoisotopic (exact) mass is 327 g/mol. The number of aliphatic hydroxyl groups is 1. The minimum atomic E-state index is -3.65. The number of aryl methyl sites for hydroxylation is 2. The lowest BCUT2D eigenvalue weighted by Crippen LogP contribution is -2.30. The molecule has 7 heteroatoms. The lowest BCUT2D eigenvalue weighted by atomic mass is 9.95. The molecule has 2 aromatic rings. The van der Waals surface area contributed by atoms with Gasteiger partial charge in [-0.05, 0) is 43.2 Å². The van der Waals surface area contributed by atoms with E-state index in [4.69, 9.17) is 9.52 Å². The first-order chi connectivity index (χ1) is 10.0. The van der Waals surface area contributed by atoms with E-state index in [1.807, 2.05) is 11.4 Å². The van der Waals surface area contributed by atoms with Crippen LogP contribution in [0.4, 0.5) is 0 Å². The summed E-state index contributed by atoms with van der Waals surface area (Å²) in [6.07, 6.45) is 2.80. The van der Waals surface area contributed by atoms with Crippen molar-refractivity contribution in [3.05, 3.63) is 39.5 Å². The van der Waals surface area contributed by atoms with Gasteiger partial charge in [0.15, 0.2) is 0 Å². The van der Waals surface area contributed by atoms with Crippen LogP contribution < -0.4 is 4.72 Å². The van der Waals surface area contributed by atoms with Crippen molar-refractivity contribution in [2.45, 2.75) is 43.7 Å². The predicted octanol–water partition coefficient (Wildman–Crippen LogP) is 2.50. The van der Waals surface area contributed by atoms with Gasteiger partial charge in [-0.15, -0.1) is 11.3 Å². The molecule has 1 aliphatic carbocycles. The van der Waals surface area contributed by atoms with Crippen molar-refractivity contribution in [2.24, 2.45) is 0 Å². The molecule has 2 heterocycles. The highest BCUT2D eigenvalue weighted by atomic mass is 32.2. The molecule has 3 rings (SSSR count). The van der Waals surface area contributed by atoms with Gasteiger partial charge in [-0.25, -0.2) is 13.1 Å². The number of furan rings is 1. The van der Waals surface area contributed by atoms with E-state index in [0.717, 1.165) is 24.8 Å². The van der Waals surface area contributed by atoms with Gasteiger partial charge in [-0.2, -0.15) is 0 Å². The topological polar surface area (TPSA) is 79.5 Å². The zero-order chi connectivity index (χ0) is 15.0. The van der Waals surface area contributed by atoms with Crippen molar-refractivity contribution in [3.8, 4) is 0 Å². The van der Waals surface area contributed by atoms with E-state index in [-0.39, 0.29) is 23.3 Å². The molecule has 0 fully saturated rings. The molecule has 0 aliphatic heterocycles. The molecule has 0 radical (unpaired) electrons. The maximum atomic E-state index is 12.5. The molecule has 21 heavy (non-hydrogen) atoms. The molecular weight excluding hydrogens is 310 g/mol. The molecular formula is C14H17NO4S2. The van der Waals surface area contributed by atoms with Crippen molar-refractivity contribution in [1.82, 2.24) is 4.72 Å². The molecule has 0 amide bonds. The Hall–Kier alpha value is -1.15. The van der Waals surface area contributed by atoms with Gasteiger partial charge in [0, 0.05) is 17.0 Å². The van der Waals surface area contributed by atoms with Crippen LogP contribution >= 0.6 is 11.3 Å². The number of aliphatic hydroxyl groups excluding tert-OH is 1. The number of hydrogen-bond donors (Lipinski definition) is 2. The summed E-state index contributed by atoms with van der Waals surface area (Å²) < 4.78 is 33.1. The average molecular weight is 327 g/mol. The number of thiophene rings is 1. The van der Waals surface area contributed by atoms with E-state index < -0.39 is 10.0 Å². The predicted molar refractivity (Wildman–Crippen MR) is 79.7 cm³/mol. The van der Waals surface area contributed by atoms with Crippen molar-refractivity contribution >= 4 is 21.4 Å². The van der Waals surface area contributed by atoms with Gasteiger partial charge in [-0.1, -0.05) is 0 Å². The number of rotatable bonds is 4. The van der Waals surface area contributed by atoms with E-state index in [9.17, 15) is 8.42 Å². The van der Waals surface area contributed by atoms with Crippen LogP contribution in [0, 0.1) is 6.92 Å². The standard InChI is InChI=1S/C14H17NO4S2/c1-9-14(7-10(8-16)19-9)21(17,18)15-12-3-2-4-13-11(12)5-6-20-13/h5-7,12,15-16H,2-4,8H2,1H3. The van der Waals surface area contributed by atoms with E-state index in [1.54, 1.807) is 18.3 Å². The largest absolute Gasteiger partial charge is 0.462 e. The van der Waals surface area contributed by atoms with Gasteiger partial charge in [0.25, 0.3) is 0 Å². The van der Waals surface area contributed by atoms with Gasteiger partial charge >= 0.3 is 0 Å². The van der Waals surface area contributed by atoms with Crippen molar-refractivity contribution in [2.75, 3.05) is 0 Å². The fourth-order valence-electron chi connectivity index (χ4n) is 2.73. The molecule has 5 nitrogen and oxygen atoms in total. The van der Waals surface area contributed by atoms with E-state index in [0.29, 0.717) is 5.76 Å². The second kappa shape index (κ2) is 5.57. The first-order valence-electron chi connectivity index (χ1n) is 6.80. The third-order valence-corrected chi connectivity index (χ3v) is 6.29. The summed E-state index contributed by atoms with van der Waals surface area (Å²) in [5.74, 6) is 0.556. The fourth-order valence-corrected chi connectivity index (χ4v) is 5.17. The van der Waals surface area contributed by atoms with Crippen LogP contribution in [0.2, 0.25) is 0 Å². The molecule has 1 aliphatic rings. The minimum Gasteiger partial charge on any atom is -0.462 e. The molecule has 0 bridgehead atoms. The first-order valence-corrected chi connectivity index (χ1v) is 9.16. The van der Waals surface area contributed by atoms with Crippen molar-refractivity contribution in [3.63, 3.8) is 0 Å². The highest BCUT2D eigenvalue weighted by molar-refractivity contribution is 7.89. The molecule has 2 aromatic heterocycles. The lowest BCUT2D eigenvalue weighted by Gasteiger charge is -2.23. The second-order valence-electron chi connectivity index (χ2n) is 5.16. The minimum absolute atomic E-state index is 0.105. The molecule has 0 aromatic carbocycles. The molecule has 1 atom stereocenters. The Balaban J connectivity index is 1.89. The van der Waals surface area contributed by atoms with Gasteiger partial charge in [0.2, 0.25) is 10.0 Å². The number of sulfonamides is 1. The second-order valence-corrected chi connectivity index (χ2v) is 7.84. The summed E-state index contributed by atoms with van der Waals surface area (Å²) in [6, 6.07) is 3.19. The highest BCUT2D eigenvalue weighted by Crippen LogP contribution is 2.34. The molecule has 2 N–H and O–H groups in total. The Morgan fingerprint density at radius 1 is 1.52 bits per heavy atom. The number of hydrogen-bond acceptors (Lipinski definition) is 5. The lowest BCUT2D eigenvalue weighted by molar-refractivity contribution is 0.244. The van der Waals surface area contributed by atoms with Gasteiger partial charge in [-0.3, -0.25) is 0 Å². The summed E-state index contributed by atoms with van der Waals surface area (Å²) in [6.45, 7) is 1.28. The zero-order valence-electron chi connectivity index (χ0n) is 11.6. The van der Waals surface area contributed by atoms with Crippen LogP contribution in [0.3, 0.4) is 0 Å². The smallest absolute Gasteiger partial charge is 0.244 e. The zero-order valence-corrected chi connectivity index (χ0v) is 13.3. The fraction of sp³-hybridized carbons (Fsp3) is 0.429. The molecule has 0 saturated carbocycles. The van der Waals surface area contributed by atoms with Gasteiger partial charge < -0.3 is 9.52 Å².